The van der Waals surface area contributed by atoms with Crippen molar-refractivity contribution in [1.29, 1.82) is 5.41 Å². The summed E-state index contributed by atoms with van der Waals surface area (Å²) in [6.45, 7) is 2.97. The Balaban J connectivity index is 0. The highest BCUT2D eigenvalue weighted by molar-refractivity contribution is 5.94. The number of carboxylic acids is 1. The van der Waals surface area contributed by atoms with Crippen LogP contribution in [0.1, 0.15) is 26.7 Å². The number of carboxylic acid groups (broad SMARTS) is 1. The van der Waals surface area contributed by atoms with E-state index in [9.17, 15) is 4.79 Å². The fourth-order valence-corrected chi connectivity index (χ4v) is 0.440. The van der Waals surface area contributed by atoms with Crippen LogP contribution in [0.3, 0.4) is 0 Å². The minimum Gasteiger partial charge on any atom is -0.481 e. The Hall–Kier alpha value is -1.59. The molecule has 0 aliphatic carbocycles. The van der Waals surface area contributed by atoms with Crippen LogP contribution in [0.15, 0.2) is 0 Å². The third-order valence-corrected chi connectivity index (χ3v) is 0.751. The Bertz CT molecular complexity index is 187. The van der Waals surface area contributed by atoms with E-state index < -0.39 is 5.97 Å². The number of rotatable bonds is 2. The molecule has 0 unspecified atom stereocenters. The molecule has 0 atom stereocenters. The van der Waals surface area contributed by atoms with Crippen molar-refractivity contribution in [2.45, 2.75) is 26.7 Å². The van der Waals surface area contributed by atoms with Gasteiger partial charge >= 0.3 is 0 Å². The van der Waals surface area contributed by atoms with E-state index in [1.54, 1.807) is 0 Å². The molecule has 0 aromatic rings. The van der Waals surface area contributed by atoms with E-state index in [0.29, 0.717) is 6.42 Å². The highest BCUT2D eigenvalue weighted by Crippen LogP contribution is 1.83. The van der Waals surface area contributed by atoms with Gasteiger partial charge in [0.05, 0.1) is 0 Å². The SMILES string of the molecule is CC(=O)O.CCCC(=O)NC(=N)N. The summed E-state index contributed by atoms with van der Waals surface area (Å²) in [7, 11) is 0. The van der Waals surface area contributed by atoms with Crippen molar-refractivity contribution in [3.8, 4) is 0 Å². The Kier molecular flexibility index (Phi) is 9.14. The lowest BCUT2D eigenvalue weighted by molar-refractivity contribution is -0.134. The molecule has 0 saturated heterocycles. The molecule has 0 aliphatic heterocycles. The molecular weight excluding hydrogens is 174 g/mol. The van der Waals surface area contributed by atoms with Gasteiger partial charge in [0.15, 0.2) is 5.96 Å². The first-order valence-electron chi connectivity index (χ1n) is 3.73. The number of carbonyl (C=O) groups excluding carboxylic acids is 1. The number of guanidine groups is 1. The molecule has 0 fully saturated rings. The third kappa shape index (κ3) is 25.2. The van der Waals surface area contributed by atoms with Crippen LogP contribution in [-0.4, -0.2) is 22.9 Å². The van der Waals surface area contributed by atoms with Gasteiger partial charge in [0, 0.05) is 13.3 Å². The standard InChI is InChI=1S/C5H11N3O.C2H4O2/c1-2-3-4(9)8-5(6)7;1-2(3)4/h2-3H2,1H3,(H4,6,7,8,9);1H3,(H,3,4). The van der Waals surface area contributed by atoms with Gasteiger partial charge in [0.2, 0.25) is 5.91 Å². The lowest BCUT2D eigenvalue weighted by atomic mass is 10.3. The molecule has 0 aromatic heterocycles. The molecule has 1 amide bonds. The van der Waals surface area contributed by atoms with Crippen LogP contribution in [0, 0.1) is 5.41 Å². The second kappa shape index (κ2) is 8.51. The fourth-order valence-electron chi connectivity index (χ4n) is 0.440. The van der Waals surface area contributed by atoms with Gasteiger partial charge in [-0.05, 0) is 6.42 Å². The van der Waals surface area contributed by atoms with E-state index in [1.165, 1.54) is 0 Å². The molecule has 6 nitrogen and oxygen atoms in total. The van der Waals surface area contributed by atoms with Crippen LogP contribution < -0.4 is 11.1 Å². The van der Waals surface area contributed by atoms with E-state index in [-0.39, 0.29) is 11.9 Å². The second-order valence-corrected chi connectivity index (χ2v) is 2.23. The van der Waals surface area contributed by atoms with Crippen LogP contribution in [-0.2, 0) is 9.59 Å². The zero-order chi connectivity index (χ0) is 10.9. The fraction of sp³-hybridized carbons (Fsp3) is 0.571. The normalized spacial score (nSPS) is 7.85. The van der Waals surface area contributed by atoms with E-state index in [0.717, 1.165) is 13.3 Å². The lowest BCUT2D eigenvalue weighted by Gasteiger charge is -1.98. The van der Waals surface area contributed by atoms with Gasteiger partial charge in [-0.15, -0.1) is 0 Å². The number of hydrogen-bond acceptors (Lipinski definition) is 3. The predicted octanol–water partition coefficient (Wildman–Crippen LogP) is -0.113. The van der Waals surface area contributed by atoms with Gasteiger partial charge in [-0.25, -0.2) is 0 Å². The molecule has 13 heavy (non-hydrogen) atoms. The summed E-state index contributed by atoms with van der Waals surface area (Å²) < 4.78 is 0. The molecule has 0 rings (SSSR count). The Morgan fingerprint density at radius 3 is 2.15 bits per heavy atom. The summed E-state index contributed by atoms with van der Waals surface area (Å²) in [5, 5.41) is 16.2. The first-order chi connectivity index (χ1) is 5.90. The van der Waals surface area contributed by atoms with Crippen molar-refractivity contribution >= 4 is 17.8 Å². The van der Waals surface area contributed by atoms with E-state index in [4.69, 9.17) is 21.0 Å². The minimum atomic E-state index is -0.833. The van der Waals surface area contributed by atoms with Gasteiger partial charge in [0.1, 0.15) is 0 Å². The number of hydrogen-bond donors (Lipinski definition) is 4. The molecule has 0 radical (unpaired) electrons. The Morgan fingerprint density at radius 1 is 1.54 bits per heavy atom. The number of nitrogens with one attached hydrogen (secondary N) is 2. The zero-order valence-corrected chi connectivity index (χ0v) is 7.76. The average molecular weight is 189 g/mol. The monoisotopic (exact) mass is 189 g/mol. The first kappa shape index (κ1) is 14.0. The van der Waals surface area contributed by atoms with Gasteiger partial charge in [-0.1, -0.05) is 6.92 Å². The maximum absolute atomic E-state index is 10.5. The van der Waals surface area contributed by atoms with Gasteiger partial charge in [0.25, 0.3) is 5.97 Å². The van der Waals surface area contributed by atoms with Crippen molar-refractivity contribution in [1.82, 2.24) is 5.32 Å². The van der Waals surface area contributed by atoms with Gasteiger partial charge in [-0.3, -0.25) is 20.3 Å². The third-order valence-electron chi connectivity index (χ3n) is 0.751. The summed E-state index contributed by atoms with van der Waals surface area (Å²) in [5.41, 5.74) is 4.87. The van der Waals surface area contributed by atoms with E-state index in [1.807, 2.05) is 6.92 Å². The summed E-state index contributed by atoms with van der Waals surface area (Å²) in [4.78, 5) is 19.5. The molecule has 5 N–H and O–H groups in total. The van der Waals surface area contributed by atoms with Crippen molar-refractivity contribution < 1.29 is 14.7 Å². The molecule has 0 bridgehead atoms. The molecule has 0 spiro atoms. The maximum Gasteiger partial charge on any atom is 0.300 e. The van der Waals surface area contributed by atoms with Crippen LogP contribution in [0.2, 0.25) is 0 Å². The lowest BCUT2D eigenvalue weighted by Crippen LogP contribution is -2.35. The first-order valence-corrected chi connectivity index (χ1v) is 3.73. The quantitative estimate of drug-likeness (QED) is 0.358. The van der Waals surface area contributed by atoms with Crippen molar-refractivity contribution in [2.75, 3.05) is 0 Å². The van der Waals surface area contributed by atoms with Gasteiger partial charge < -0.3 is 10.8 Å². The number of amides is 1. The number of aliphatic carboxylic acids is 1. The smallest absolute Gasteiger partial charge is 0.300 e. The van der Waals surface area contributed by atoms with Crippen LogP contribution in [0.4, 0.5) is 0 Å². The number of nitrogens with two attached hydrogens (primary N) is 1. The minimum absolute atomic E-state index is 0.190. The molecule has 76 valence electrons. The Morgan fingerprint density at radius 2 is 1.92 bits per heavy atom. The van der Waals surface area contributed by atoms with Crippen molar-refractivity contribution in [3.05, 3.63) is 0 Å². The highest BCUT2D eigenvalue weighted by Gasteiger charge is 1.97. The summed E-state index contributed by atoms with van der Waals surface area (Å²) in [5.74, 6) is -1.31. The summed E-state index contributed by atoms with van der Waals surface area (Å²) >= 11 is 0. The number of carbonyl (C=O) groups is 2. The summed E-state index contributed by atoms with van der Waals surface area (Å²) in [6, 6.07) is 0. The van der Waals surface area contributed by atoms with Crippen molar-refractivity contribution in [2.24, 2.45) is 5.73 Å². The topological polar surface area (TPSA) is 116 Å². The average Bonchev–Trinajstić information content (AvgIpc) is 1.83. The van der Waals surface area contributed by atoms with Crippen LogP contribution in [0.25, 0.3) is 0 Å². The van der Waals surface area contributed by atoms with Crippen LogP contribution >= 0.6 is 0 Å². The molecular formula is C7H15N3O3. The van der Waals surface area contributed by atoms with Crippen molar-refractivity contribution in [3.63, 3.8) is 0 Å². The summed E-state index contributed by atoms with van der Waals surface area (Å²) in [6.07, 6.45) is 1.21. The molecule has 0 heterocycles. The Labute approximate surface area is 76.6 Å². The zero-order valence-electron chi connectivity index (χ0n) is 7.76. The highest BCUT2D eigenvalue weighted by atomic mass is 16.4. The van der Waals surface area contributed by atoms with E-state index >= 15 is 0 Å². The largest absolute Gasteiger partial charge is 0.481 e. The van der Waals surface area contributed by atoms with Crippen LogP contribution in [0.5, 0.6) is 0 Å². The molecule has 6 heteroatoms. The predicted molar refractivity (Wildman–Crippen MR) is 48.3 cm³/mol. The van der Waals surface area contributed by atoms with Gasteiger partial charge in [-0.2, -0.15) is 0 Å². The molecule has 0 aromatic carbocycles. The van der Waals surface area contributed by atoms with E-state index in [2.05, 4.69) is 5.32 Å². The molecule has 0 saturated carbocycles. The second-order valence-electron chi connectivity index (χ2n) is 2.23. The maximum atomic E-state index is 10.5. The molecule has 0 aliphatic rings.